The fourth-order valence-corrected chi connectivity index (χ4v) is 16.4. The summed E-state index contributed by atoms with van der Waals surface area (Å²) in [7, 11) is 3.07. The number of aliphatic hydroxyl groups excluding tert-OH is 1. The number of aryl methyl sites for hydroxylation is 1. The van der Waals surface area contributed by atoms with Crippen molar-refractivity contribution in [2.75, 3.05) is 39.1 Å². The van der Waals surface area contributed by atoms with Crippen molar-refractivity contribution in [3.8, 4) is 43.4 Å². The summed E-state index contributed by atoms with van der Waals surface area (Å²) in [5, 5.41) is 36.7. The average Bonchev–Trinajstić information content (AvgIpc) is 1.89. The van der Waals surface area contributed by atoms with Crippen molar-refractivity contribution < 1.29 is 38.6 Å². The number of hydrogen-bond acceptors (Lipinski definition) is 23. The lowest BCUT2D eigenvalue weighted by Crippen LogP contribution is -2.59. The van der Waals surface area contributed by atoms with Crippen molar-refractivity contribution in [1.29, 1.82) is 0 Å². The molecular formula is C60H64N14O8S6. The van der Waals surface area contributed by atoms with Crippen LogP contribution in [-0.4, -0.2) is 120 Å². The molecule has 28 heteroatoms. The number of pyridine rings is 1. The lowest BCUT2D eigenvalue weighted by molar-refractivity contribution is -0.142. The van der Waals surface area contributed by atoms with E-state index in [9.17, 15) is 33.9 Å². The van der Waals surface area contributed by atoms with Gasteiger partial charge >= 0.3 is 0 Å². The van der Waals surface area contributed by atoms with Crippen molar-refractivity contribution in [3.63, 3.8) is 0 Å². The van der Waals surface area contributed by atoms with Crippen molar-refractivity contribution in [2.45, 2.75) is 96.1 Å². The third-order valence-electron chi connectivity index (χ3n) is 15.6. The molecule has 1 saturated heterocycles. The van der Waals surface area contributed by atoms with Crippen LogP contribution < -0.4 is 32.3 Å². The summed E-state index contributed by atoms with van der Waals surface area (Å²) in [5.41, 5.74) is 9.96. The van der Waals surface area contributed by atoms with E-state index in [2.05, 4.69) is 33.2 Å². The molecule has 8 aromatic rings. The highest BCUT2D eigenvalue weighted by Crippen LogP contribution is 2.42. The largest absolute Gasteiger partial charge is 0.386 e. The highest BCUT2D eigenvalue weighted by Gasteiger charge is 2.37. The number of thiazole rings is 6. The number of benzene rings is 1. The van der Waals surface area contributed by atoms with E-state index >= 15 is 0 Å². The number of rotatable bonds is 11. The van der Waals surface area contributed by atoms with Gasteiger partial charge in [0.25, 0.3) is 5.91 Å². The van der Waals surface area contributed by atoms with E-state index in [0.29, 0.717) is 125 Å². The molecule has 8 N–H and O–H groups in total. The molecule has 10 bridgehead atoms. The molecule has 2 fully saturated rings. The van der Waals surface area contributed by atoms with E-state index in [1.807, 2.05) is 36.7 Å². The first-order chi connectivity index (χ1) is 42.4. The number of hydrogen-bond donors (Lipinski definition) is 7. The molecule has 0 radical (unpaired) electrons. The molecular weight excluding hydrogens is 1240 g/mol. The zero-order chi connectivity index (χ0) is 61.9. The van der Waals surface area contributed by atoms with Crippen LogP contribution in [0.1, 0.15) is 133 Å². The minimum absolute atomic E-state index is 0.0280. The van der Waals surface area contributed by atoms with Crippen molar-refractivity contribution in [2.24, 2.45) is 23.5 Å². The normalized spacial score (nSPS) is 19.9. The summed E-state index contributed by atoms with van der Waals surface area (Å²) < 4.78 is 5.59. The number of aromatic nitrogens is 7. The molecule has 5 amide bonds. The van der Waals surface area contributed by atoms with Crippen molar-refractivity contribution in [3.05, 3.63) is 118 Å². The summed E-state index contributed by atoms with van der Waals surface area (Å²) in [6, 6.07) is 10.7. The maximum atomic E-state index is 14.4. The number of ketones is 1. The Morgan fingerprint density at radius 1 is 0.773 bits per heavy atom. The SMILES string of the molecule is C=C1NCC(=O)N[C@@H]([C@@H](O)c2ccccc2)c2nc(cs2)-c2nc(cs2)-c2nc(-c3nc(NC(=O)C4CCC(C(=O)N5CC(N)C5)CC4)cs3)ccc2-c2nc(cs2)C(=O)N[C@@H](CC(=O)NC)c2nc(c(C)s2)C(=O)C[C@H](C(C)C)c2nc1c(COC)s2. The van der Waals surface area contributed by atoms with E-state index in [1.54, 1.807) is 60.0 Å². The van der Waals surface area contributed by atoms with Crippen LogP contribution >= 0.6 is 68.0 Å². The van der Waals surface area contributed by atoms with E-state index in [4.69, 9.17) is 45.4 Å². The number of nitrogens with two attached hydrogens (primary N) is 1. The van der Waals surface area contributed by atoms with Crippen LogP contribution in [-0.2, 0) is 30.5 Å². The Balaban J connectivity index is 0.936. The van der Waals surface area contributed by atoms with E-state index in [-0.39, 0.29) is 90.6 Å². The quantitative estimate of drug-likeness (QED) is 0.0635. The first kappa shape index (κ1) is 62.2. The zero-order valence-electron chi connectivity index (χ0n) is 48.7. The molecule has 7 aromatic heterocycles. The lowest BCUT2D eigenvalue weighted by Gasteiger charge is -2.40. The Morgan fingerprint density at radius 2 is 1.47 bits per heavy atom. The third kappa shape index (κ3) is 13.7. The number of nitrogens with zero attached hydrogens (tertiary/aromatic N) is 8. The Kier molecular flexibility index (Phi) is 19.2. The maximum Gasteiger partial charge on any atom is 0.271 e. The number of Topliss-reactive ketones (excluding diaryl/α,β-unsaturated/α-hetero) is 1. The van der Waals surface area contributed by atoms with Gasteiger partial charge in [-0.15, -0.1) is 68.0 Å². The fraction of sp³-hybridized carbons (Fsp3) is 0.383. The molecule has 0 spiro atoms. The fourth-order valence-electron chi connectivity index (χ4n) is 10.8. The second kappa shape index (κ2) is 27.1. The number of carbonyl (C=O) groups is 6. The molecule has 1 saturated carbocycles. The molecule has 2 aliphatic heterocycles. The van der Waals surface area contributed by atoms with E-state index < -0.39 is 30.0 Å². The van der Waals surface area contributed by atoms with Gasteiger partial charge in [-0.2, -0.15) is 0 Å². The van der Waals surface area contributed by atoms with Crippen LogP contribution in [0.3, 0.4) is 0 Å². The van der Waals surface area contributed by atoms with Crippen LogP contribution in [0.15, 0.2) is 70.6 Å². The third-order valence-corrected chi connectivity index (χ3v) is 21.4. The number of amides is 5. The molecule has 1 aliphatic carbocycles. The smallest absolute Gasteiger partial charge is 0.271 e. The van der Waals surface area contributed by atoms with Crippen LogP contribution in [0.2, 0.25) is 0 Å². The molecule has 3 aliphatic rings. The number of anilines is 1. The minimum atomic E-state index is -1.21. The van der Waals surface area contributed by atoms with Gasteiger partial charge in [-0.25, -0.2) is 34.9 Å². The minimum Gasteiger partial charge on any atom is -0.386 e. The number of methoxy groups -OCH3 is 1. The maximum absolute atomic E-state index is 14.4. The number of aliphatic hydroxyl groups is 1. The highest BCUT2D eigenvalue weighted by molar-refractivity contribution is 7.15. The molecule has 88 heavy (non-hydrogen) atoms. The van der Waals surface area contributed by atoms with Gasteiger partial charge in [0.05, 0.1) is 46.9 Å². The first-order valence-electron chi connectivity index (χ1n) is 28.6. The van der Waals surface area contributed by atoms with Gasteiger partial charge in [-0.1, -0.05) is 50.8 Å². The van der Waals surface area contributed by atoms with Crippen LogP contribution in [0.4, 0.5) is 5.82 Å². The number of likely N-dealkylation sites (tertiary alicyclic amines) is 1. The molecule has 22 nitrogen and oxygen atoms in total. The van der Waals surface area contributed by atoms with Crippen LogP contribution in [0.25, 0.3) is 49.1 Å². The van der Waals surface area contributed by atoms with E-state index in [0.717, 1.165) is 4.88 Å². The van der Waals surface area contributed by atoms with Gasteiger partial charge in [0, 0.05) is 89.4 Å². The van der Waals surface area contributed by atoms with Gasteiger partial charge in [-0.3, -0.25) is 28.8 Å². The van der Waals surface area contributed by atoms with Gasteiger partial charge < -0.3 is 47.1 Å². The highest BCUT2D eigenvalue weighted by atomic mass is 32.1. The summed E-state index contributed by atoms with van der Waals surface area (Å²) in [6.45, 7) is 11.2. The predicted octanol–water partition coefficient (Wildman–Crippen LogP) is 8.94. The van der Waals surface area contributed by atoms with Crippen LogP contribution in [0.5, 0.6) is 0 Å². The van der Waals surface area contributed by atoms with Crippen molar-refractivity contribution in [1.82, 2.24) is 61.1 Å². The second-order valence-electron chi connectivity index (χ2n) is 22.1. The summed E-state index contributed by atoms with van der Waals surface area (Å²) >= 11 is 7.68. The number of carbonyl (C=O) groups excluding carboxylic acids is 6. The summed E-state index contributed by atoms with van der Waals surface area (Å²) in [4.78, 5) is 120. The first-order valence-corrected chi connectivity index (χ1v) is 33.7. The van der Waals surface area contributed by atoms with Crippen molar-refractivity contribution >= 4 is 115 Å². The monoisotopic (exact) mass is 1300 g/mol. The molecule has 458 valence electrons. The molecule has 0 unspecified atom stereocenters. The topological polar surface area (TPSA) is 312 Å². The number of fused-ring (bicyclic) bond motifs is 14. The van der Waals surface area contributed by atoms with Gasteiger partial charge in [0.1, 0.15) is 77.2 Å². The Hall–Kier alpha value is -7.41. The standard InChI is InChI=1S/C60H64N14O8S6/c1-28(2)36-18-42(75)48-30(4)87-58(73-48)38(19-45(76)62-5)65-53(80)40-25-83-54(67-40)35-16-17-37(56-70-44(27-86-56)69-52(79)32-12-14-33(15-13-32)60(81)74-21-34(61)22-74)64-49(35)39-24-84-57(66-39)41-26-85-59(68-41)50(51(78)31-10-8-7-9-11-31)71-46(77)20-63-29(3)47-43(23-82-6)88-55(36)72-47/h7-11,16-17,24-28,32-34,36,38,50-51,63,78H,3,12-15,18-23,61H2,1-2,4-6H3,(H,62,76)(H,65,80)(H,69,79)(H,71,77)/t32?,33?,36-,38+,50+,51+/m1/s1. The Bertz CT molecular complexity index is 3910. The van der Waals surface area contributed by atoms with Gasteiger partial charge in [0.2, 0.25) is 23.6 Å². The molecule has 11 rings (SSSR count). The molecule has 4 atom stereocenters. The number of nitrogens with one attached hydrogen (secondary N) is 5. The molecule has 1 aromatic carbocycles. The lowest BCUT2D eigenvalue weighted by atomic mass is 9.80. The van der Waals surface area contributed by atoms with Gasteiger partial charge in [-0.05, 0) is 56.2 Å². The van der Waals surface area contributed by atoms with Gasteiger partial charge in [0.15, 0.2) is 5.78 Å². The molecule has 9 heterocycles. The zero-order valence-corrected chi connectivity index (χ0v) is 53.6. The predicted molar refractivity (Wildman–Crippen MR) is 342 cm³/mol. The Morgan fingerprint density at radius 3 is 2.20 bits per heavy atom. The Labute approximate surface area is 531 Å². The second-order valence-corrected chi connectivity index (χ2v) is 28.0. The summed E-state index contributed by atoms with van der Waals surface area (Å²) in [6.07, 6.45) is 1.10. The number of ether oxygens (including phenoxy) is 1. The van der Waals surface area contributed by atoms with Crippen LogP contribution in [0, 0.1) is 24.7 Å². The summed E-state index contributed by atoms with van der Waals surface area (Å²) in [5.74, 6) is -2.10. The average molecular weight is 1300 g/mol. The van der Waals surface area contributed by atoms with E-state index in [1.165, 1.54) is 75.1 Å².